The van der Waals surface area contributed by atoms with Crippen molar-refractivity contribution in [1.82, 2.24) is 5.32 Å². The molecule has 1 aliphatic rings. The first kappa shape index (κ1) is 24.4. The topological polar surface area (TPSA) is 117 Å². The highest BCUT2D eigenvalue weighted by Crippen LogP contribution is 2.42. The number of ether oxygens (including phenoxy) is 3. The van der Waals surface area contributed by atoms with Crippen LogP contribution in [0.5, 0.6) is 0 Å². The van der Waals surface area contributed by atoms with Crippen LogP contribution in [0.1, 0.15) is 25.3 Å². The van der Waals surface area contributed by atoms with E-state index in [4.69, 9.17) is 14.2 Å². The van der Waals surface area contributed by atoms with Crippen LogP contribution in [0.2, 0.25) is 0 Å². The maximum Gasteiger partial charge on any atom is 0.336 e. The fourth-order valence-corrected chi connectivity index (χ4v) is 3.58. The summed E-state index contributed by atoms with van der Waals surface area (Å²) in [4.78, 5) is 37.1. The van der Waals surface area contributed by atoms with Crippen molar-refractivity contribution >= 4 is 29.4 Å². The summed E-state index contributed by atoms with van der Waals surface area (Å²) < 4.78 is 15.6. The number of hydrogen-bond acceptors (Lipinski definition) is 9. The number of rotatable bonds is 10. The molecule has 9 nitrogen and oxygen atoms in total. The maximum atomic E-state index is 13.0. The SMILES string of the molecule is COCCOC(=O)C1=C(C)NC(C)=C(C(=O)OCCSC)C1c1ccccc1[N+](=O)[O-]. The number of esters is 2. The van der Waals surface area contributed by atoms with E-state index in [2.05, 4.69) is 5.32 Å². The number of carbonyl (C=O) groups excluding carboxylic acids is 2. The molecule has 1 atom stereocenters. The fourth-order valence-electron chi connectivity index (χ4n) is 3.33. The Balaban J connectivity index is 2.59. The Kier molecular flexibility index (Phi) is 9.07. The third-order valence-corrected chi connectivity index (χ3v) is 5.26. The van der Waals surface area contributed by atoms with Gasteiger partial charge in [0.2, 0.25) is 0 Å². The first-order valence-electron chi connectivity index (χ1n) is 9.57. The third kappa shape index (κ3) is 5.86. The largest absolute Gasteiger partial charge is 0.461 e. The van der Waals surface area contributed by atoms with Gasteiger partial charge in [-0.3, -0.25) is 10.1 Å². The van der Waals surface area contributed by atoms with Crippen LogP contribution in [0.25, 0.3) is 0 Å². The molecule has 1 aromatic rings. The van der Waals surface area contributed by atoms with Gasteiger partial charge in [-0.25, -0.2) is 9.59 Å². The Morgan fingerprint density at radius 2 is 1.65 bits per heavy atom. The molecule has 0 saturated heterocycles. The highest BCUT2D eigenvalue weighted by molar-refractivity contribution is 7.98. The maximum absolute atomic E-state index is 13.0. The number of methoxy groups -OCH3 is 1. The lowest BCUT2D eigenvalue weighted by Crippen LogP contribution is -2.33. The Morgan fingerprint density at radius 1 is 1.06 bits per heavy atom. The number of thioether (sulfide) groups is 1. The van der Waals surface area contributed by atoms with E-state index in [1.807, 2.05) is 6.26 Å². The molecule has 0 fully saturated rings. The van der Waals surface area contributed by atoms with E-state index in [-0.39, 0.29) is 42.2 Å². The molecule has 1 unspecified atom stereocenters. The average molecular weight is 451 g/mol. The van der Waals surface area contributed by atoms with Crippen molar-refractivity contribution in [2.75, 3.05) is 38.9 Å². The zero-order chi connectivity index (χ0) is 23.0. The van der Waals surface area contributed by atoms with Crippen molar-refractivity contribution < 1.29 is 28.7 Å². The van der Waals surface area contributed by atoms with E-state index < -0.39 is 22.8 Å². The van der Waals surface area contributed by atoms with E-state index in [1.165, 1.54) is 37.1 Å². The van der Waals surface area contributed by atoms with Crippen LogP contribution in [0, 0.1) is 10.1 Å². The molecule has 10 heteroatoms. The van der Waals surface area contributed by atoms with Gasteiger partial charge in [-0.05, 0) is 20.1 Å². The van der Waals surface area contributed by atoms with Gasteiger partial charge in [0.15, 0.2) is 0 Å². The fraction of sp³-hybridized carbons (Fsp3) is 0.429. The monoisotopic (exact) mass is 450 g/mol. The Bertz CT molecular complexity index is 867. The Labute approximate surface area is 185 Å². The molecule has 0 radical (unpaired) electrons. The summed E-state index contributed by atoms with van der Waals surface area (Å²) in [5.74, 6) is -1.74. The minimum atomic E-state index is -1.01. The molecule has 0 aromatic heterocycles. The predicted octanol–water partition coefficient (Wildman–Crippen LogP) is 2.93. The summed E-state index contributed by atoms with van der Waals surface area (Å²) >= 11 is 1.52. The summed E-state index contributed by atoms with van der Waals surface area (Å²) in [7, 11) is 1.48. The molecule has 2 rings (SSSR count). The molecule has 1 aliphatic heterocycles. The molecular weight excluding hydrogens is 424 g/mol. The molecule has 31 heavy (non-hydrogen) atoms. The standard InChI is InChI=1S/C21H26N2O7S/c1-13-17(20(24)29-10-9-28-3)19(15-7-5-6-8-16(15)23(26)27)18(14(2)22-13)21(25)30-11-12-31-4/h5-8,19,22H,9-12H2,1-4H3. The number of benzene rings is 1. The number of carbonyl (C=O) groups is 2. The Morgan fingerprint density at radius 3 is 2.19 bits per heavy atom. The molecule has 1 N–H and O–H groups in total. The van der Waals surface area contributed by atoms with Crippen LogP contribution in [0.15, 0.2) is 46.8 Å². The number of nitro groups is 1. The lowest BCUT2D eigenvalue weighted by atomic mass is 9.79. The van der Waals surface area contributed by atoms with E-state index in [9.17, 15) is 19.7 Å². The molecule has 0 saturated carbocycles. The quantitative estimate of drug-likeness (QED) is 0.248. The normalized spacial score (nSPS) is 16.1. The van der Waals surface area contributed by atoms with E-state index in [1.54, 1.807) is 19.9 Å². The van der Waals surface area contributed by atoms with Crippen LogP contribution in [-0.2, 0) is 23.8 Å². The molecule has 1 heterocycles. The second-order valence-electron chi connectivity index (χ2n) is 6.71. The second-order valence-corrected chi connectivity index (χ2v) is 7.69. The zero-order valence-corrected chi connectivity index (χ0v) is 18.7. The van der Waals surface area contributed by atoms with Crippen molar-refractivity contribution in [3.63, 3.8) is 0 Å². The first-order valence-corrected chi connectivity index (χ1v) is 11.0. The van der Waals surface area contributed by atoms with Crippen LogP contribution >= 0.6 is 11.8 Å². The summed E-state index contributed by atoms with van der Waals surface area (Å²) in [6.45, 7) is 3.71. The minimum Gasteiger partial charge on any atom is -0.461 e. The van der Waals surface area contributed by atoms with Gasteiger partial charge in [0.1, 0.15) is 13.2 Å². The summed E-state index contributed by atoms with van der Waals surface area (Å²) in [5, 5.41) is 14.7. The predicted molar refractivity (Wildman–Crippen MR) is 117 cm³/mol. The van der Waals surface area contributed by atoms with Gasteiger partial charge in [0.05, 0.1) is 28.6 Å². The van der Waals surface area contributed by atoms with Gasteiger partial charge in [-0.2, -0.15) is 11.8 Å². The lowest BCUT2D eigenvalue weighted by molar-refractivity contribution is -0.385. The van der Waals surface area contributed by atoms with Crippen LogP contribution < -0.4 is 5.32 Å². The van der Waals surface area contributed by atoms with Gasteiger partial charge in [0.25, 0.3) is 5.69 Å². The van der Waals surface area contributed by atoms with Crippen molar-refractivity contribution in [3.05, 3.63) is 62.5 Å². The molecular formula is C21H26N2O7S. The number of para-hydroxylation sites is 1. The number of dihydropyridines is 1. The van der Waals surface area contributed by atoms with Crippen molar-refractivity contribution in [3.8, 4) is 0 Å². The summed E-state index contributed by atoms with van der Waals surface area (Å²) in [5.41, 5.74) is 1.18. The molecule has 0 amide bonds. The van der Waals surface area contributed by atoms with Gasteiger partial charge >= 0.3 is 11.9 Å². The minimum absolute atomic E-state index is 0.00587. The third-order valence-electron chi connectivity index (χ3n) is 4.69. The van der Waals surface area contributed by atoms with Crippen LogP contribution in [0.4, 0.5) is 5.69 Å². The number of allylic oxidation sites excluding steroid dienone is 2. The molecule has 0 aliphatic carbocycles. The summed E-state index contributed by atoms with van der Waals surface area (Å²) in [6.07, 6.45) is 1.89. The van der Waals surface area contributed by atoms with Crippen molar-refractivity contribution in [1.29, 1.82) is 0 Å². The van der Waals surface area contributed by atoms with E-state index >= 15 is 0 Å². The molecule has 168 valence electrons. The van der Waals surface area contributed by atoms with Gasteiger partial charge in [-0.15, -0.1) is 0 Å². The number of nitro benzene ring substituents is 1. The molecule has 0 spiro atoms. The lowest BCUT2D eigenvalue weighted by Gasteiger charge is -2.30. The summed E-state index contributed by atoms with van der Waals surface area (Å²) in [6, 6.07) is 6.03. The van der Waals surface area contributed by atoms with E-state index in [0.717, 1.165) is 0 Å². The first-order chi connectivity index (χ1) is 14.8. The second kappa shape index (κ2) is 11.5. The number of nitrogens with one attached hydrogen (secondary N) is 1. The van der Waals surface area contributed by atoms with Gasteiger partial charge < -0.3 is 19.5 Å². The van der Waals surface area contributed by atoms with Gasteiger partial charge in [-0.1, -0.05) is 18.2 Å². The van der Waals surface area contributed by atoms with E-state index in [0.29, 0.717) is 17.1 Å². The smallest absolute Gasteiger partial charge is 0.336 e. The highest BCUT2D eigenvalue weighted by atomic mass is 32.2. The number of nitrogens with zero attached hydrogens (tertiary/aromatic N) is 1. The van der Waals surface area contributed by atoms with Crippen molar-refractivity contribution in [2.45, 2.75) is 19.8 Å². The van der Waals surface area contributed by atoms with Crippen molar-refractivity contribution in [2.24, 2.45) is 0 Å². The van der Waals surface area contributed by atoms with Gasteiger partial charge in [0, 0.05) is 35.9 Å². The number of hydrogen-bond donors (Lipinski definition) is 1. The Hall–Kier alpha value is -2.85. The average Bonchev–Trinajstić information content (AvgIpc) is 2.73. The molecule has 1 aromatic carbocycles. The zero-order valence-electron chi connectivity index (χ0n) is 17.9. The van der Waals surface area contributed by atoms with Crippen LogP contribution in [0.3, 0.4) is 0 Å². The highest BCUT2D eigenvalue weighted by Gasteiger charge is 2.40. The van der Waals surface area contributed by atoms with Crippen LogP contribution in [-0.4, -0.2) is 55.8 Å². The molecule has 0 bridgehead atoms.